The van der Waals surface area contributed by atoms with Crippen molar-refractivity contribution < 1.29 is 20.6 Å². The first-order valence-corrected chi connectivity index (χ1v) is 18.8. The van der Waals surface area contributed by atoms with Crippen LogP contribution in [0.2, 0.25) is 0 Å². The molecule has 0 saturated heterocycles. The lowest BCUT2D eigenvalue weighted by Crippen LogP contribution is -2.18. The highest BCUT2D eigenvalue weighted by atomic mass is 15.1. The third-order valence-electron chi connectivity index (χ3n) is 10.3. The van der Waals surface area contributed by atoms with Gasteiger partial charge in [-0.05, 0) is 114 Å². The molecule has 0 fully saturated rings. The third kappa shape index (κ3) is 6.66. The van der Waals surface area contributed by atoms with Gasteiger partial charge in [-0.3, -0.25) is 4.98 Å². The molecule has 2 heteroatoms. The number of hydrogen-bond acceptors (Lipinski definition) is 2. The van der Waals surface area contributed by atoms with E-state index in [0.717, 1.165) is 49.1 Å². The van der Waals surface area contributed by atoms with Gasteiger partial charge < -0.3 is 4.90 Å². The molecule has 0 aliphatic carbocycles. The maximum Gasteiger partial charge on any atom is 0.0783 e. The van der Waals surface area contributed by atoms with Gasteiger partial charge in [-0.2, -0.15) is 0 Å². The van der Waals surface area contributed by atoms with Gasteiger partial charge in [0.2, 0.25) is 0 Å². The normalized spacial score (nSPS) is 15.7. The van der Waals surface area contributed by atoms with Gasteiger partial charge >= 0.3 is 0 Å². The largest absolute Gasteiger partial charge is 0.310 e. The quantitative estimate of drug-likeness (QED) is 0.124. The van der Waals surface area contributed by atoms with Gasteiger partial charge in [-0.15, -0.1) is 0 Å². The molecule has 57 heavy (non-hydrogen) atoms. The van der Waals surface area contributed by atoms with E-state index in [9.17, 15) is 2.74 Å². The number of hydrogen-bond donors (Lipinski definition) is 0. The number of nitrogens with zero attached hydrogens (tertiary/aromatic N) is 2. The fourth-order valence-electron chi connectivity index (χ4n) is 8.03. The molecule has 0 aliphatic rings. The number of fused-ring (bicyclic) bond motifs is 4. The van der Waals surface area contributed by atoms with Gasteiger partial charge in [0, 0.05) is 33.9 Å². The molecule has 9 aromatic rings. The van der Waals surface area contributed by atoms with Gasteiger partial charge in [0.1, 0.15) is 0 Å². The highest BCUT2D eigenvalue weighted by Gasteiger charge is 2.29. The molecule has 0 amide bonds. The second kappa shape index (κ2) is 14.2. The molecule has 0 atom stereocenters. The van der Waals surface area contributed by atoms with Crippen LogP contribution in [-0.2, 0) is 10.8 Å². The molecule has 1 heterocycles. The summed E-state index contributed by atoms with van der Waals surface area (Å²) in [7, 11) is 0. The van der Waals surface area contributed by atoms with Crippen molar-refractivity contribution in [2.75, 3.05) is 4.90 Å². The molecule has 0 unspecified atom stereocenters. The Bertz CT molecular complexity index is 3690. The molecule has 8 aromatic carbocycles. The minimum Gasteiger partial charge on any atom is -0.310 e. The van der Waals surface area contributed by atoms with Crippen molar-refractivity contribution in [2.24, 2.45) is 0 Å². The minimum absolute atomic E-state index is 0.0000497. The Balaban J connectivity index is 1.33. The Morgan fingerprint density at radius 1 is 0.474 bits per heavy atom. The summed E-state index contributed by atoms with van der Waals surface area (Å²) in [5.74, 6) is 0. The highest BCUT2D eigenvalue weighted by molar-refractivity contribution is 6.17. The van der Waals surface area contributed by atoms with Crippen molar-refractivity contribution in [1.82, 2.24) is 4.98 Å². The maximum atomic E-state index is 9.22. The summed E-state index contributed by atoms with van der Waals surface area (Å²) in [5.41, 5.74) is 3.64. The molecule has 0 N–H and O–H groups in total. The van der Waals surface area contributed by atoms with Crippen LogP contribution in [0.3, 0.4) is 0 Å². The number of pyridine rings is 1. The van der Waals surface area contributed by atoms with Crippen LogP contribution in [0, 0.1) is 0 Å². The molecule has 9 rings (SSSR count). The fourth-order valence-corrected chi connectivity index (χ4v) is 8.03. The number of para-hydroxylation sites is 1. The van der Waals surface area contributed by atoms with Crippen LogP contribution in [0.25, 0.3) is 65.8 Å². The zero-order valence-electron chi connectivity index (χ0n) is 47.6. The van der Waals surface area contributed by atoms with E-state index in [4.69, 9.17) is 22.8 Å². The molecule has 1 aromatic heterocycles. The van der Waals surface area contributed by atoms with E-state index >= 15 is 0 Å². The second-order valence-corrected chi connectivity index (χ2v) is 16.2. The first kappa shape index (κ1) is 22.9. The first-order chi connectivity index (χ1) is 33.8. The van der Waals surface area contributed by atoms with Gasteiger partial charge in [0.25, 0.3) is 0 Å². The summed E-state index contributed by atoms with van der Waals surface area (Å²) in [6, 6.07) is 16.6. The number of anilines is 3. The van der Waals surface area contributed by atoms with Crippen molar-refractivity contribution in [3.8, 4) is 33.4 Å². The van der Waals surface area contributed by atoms with E-state index in [1.54, 1.807) is 12.1 Å². The molecular formula is C55H48N2. The molecule has 2 nitrogen and oxygen atoms in total. The standard InChI is InChI=1S/C55H48N2/c1-54(2,3)51-46-32-26-40-21-16-34-56-53(40)50(46)52(55(4,5)6)45-31-27-41(36-48(45)51)38-24-29-44(30-25-38)57(43-22-14-9-15-23-43)49-33-28-42(37-17-10-7-11-18-37)35-47(49)39-19-12-8-13-20-39/h7-36H,1-6H3/i7D,8D,9D,10D,11D,12D,13D,14D,15D,17D,18D,19D,20D,22D,23D. The number of rotatable bonds is 6. The van der Waals surface area contributed by atoms with E-state index in [-0.39, 0.29) is 50.1 Å². The van der Waals surface area contributed by atoms with Crippen LogP contribution >= 0.6 is 0 Å². The lowest BCUT2D eigenvalue weighted by molar-refractivity contribution is 0.593. The average molecular weight is 752 g/mol. The Kier molecular flexibility index (Phi) is 5.71. The van der Waals surface area contributed by atoms with Crippen molar-refractivity contribution in [3.05, 3.63) is 193 Å². The van der Waals surface area contributed by atoms with E-state index in [1.165, 1.54) is 28.7 Å². The predicted octanol–water partition coefficient (Wildman–Crippen LogP) is 15.6. The molecular weight excluding hydrogens is 689 g/mol. The van der Waals surface area contributed by atoms with Crippen molar-refractivity contribution >= 4 is 49.5 Å². The maximum absolute atomic E-state index is 9.22. The monoisotopic (exact) mass is 751 g/mol. The summed E-state index contributed by atoms with van der Waals surface area (Å²) in [6.07, 6.45) is 1.83. The summed E-state index contributed by atoms with van der Waals surface area (Å²) >= 11 is 0. The van der Waals surface area contributed by atoms with Crippen molar-refractivity contribution in [2.45, 2.75) is 52.4 Å². The first-order valence-electron chi connectivity index (χ1n) is 26.3. The van der Waals surface area contributed by atoms with Gasteiger partial charge in [-0.1, -0.05) is 169 Å². The average Bonchev–Trinajstić information content (AvgIpc) is 3.35. The Morgan fingerprint density at radius 2 is 1.05 bits per heavy atom. The van der Waals surface area contributed by atoms with Crippen LogP contribution in [0.1, 0.15) is 73.2 Å². The molecule has 0 aliphatic heterocycles. The van der Waals surface area contributed by atoms with Crippen LogP contribution in [-0.4, -0.2) is 4.98 Å². The molecule has 0 saturated carbocycles. The summed E-state index contributed by atoms with van der Waals surface area (Å²) < 4.78 is 131. The predicted molar refractivity (Wildman–Crippen MR) is 245 cm³/mol. The third-order valence-corrected chi connectivity index (χ3v) is 10.3. The van der Waals surface area contributed by atoms with Gasteiger partial charge in [0.05, 0.1) is 31.8 Å². The summed E-state index contributed by atoms with van der Waals surface area (Å²) in [5, 5.41) is 5.44. The van der Waals surface area contributed by atoms with E-state index in [0.29, 0.717) is 0 Å². The Labute approximate surface area is 358 Å². The van der Waals surface area contributed by atoms with Gasteiger partial charge in [0.15, 0.2) is 0 Å². The van der Waals surface area contributed by atoms with E-state index < -0.39 is 90.6 Å². The number of aromatic nitrogens is 1. The number of benzene rings is 8. The fraction of sp³-hybridized carbons (Fsp3) is 0.145. The Hall–Kier alpha value is -6.51. The van der Waals surface area contributed by atoms with Crippen LogP contribution < -0.4 is 4.90 Å². The minimum atomic E-state index is -0.679. The zero-order valence-corrected chi connectivity index (χ0v) is 32.6. The van der Waals surface area contributed by atoms with Crippen molar-refractivity contribution in [3.63, 3.8) is 0 Å². The summed E-state index contributed by atoms with van der Waals surface area (Å²) in [4.78, 5) is 6.28. The Morgan fingerprint density at radius 3 is 1.72 bits per heavy atom. The molecule has 0 radical (unpaired) electrons. The molecule has 0 spiro atoms. The highest BCUT2D eigenvalue weighted by Crippen LogP contribution is 2.47. The summed E-state index contributed by atoms with van der Waals surface area (Å²) in [6.45, 7) is 13.2. The smallest absolute Gasteiger partial charge is 0.0783 e. The van der Waals surface area contributed by atoms with Crippen molar-refractivity contribution in [1.29, 1.82) is 0 Å². The van der Waals surface area contributed by atoms with Crippen LogP contribution in [0.5, 0.6) is 0 Å². The van der Waals surface area contributed by atoms with Crippen LogP contribution in [0.4, 0.5) is 17.1 Å². The lowest BCUT2D eigenvalue weighted by atomic mass is 9.73. The SMILES string of the molecule is [2H]c1c([2H])c([2H])c(-c2ccc(N(c3ccc(-c4ccc5c(C(C)(C)C)c6c(ccc7cccnc76)c(C(C)(C)C)c5c4)cc3)c3c([2H])c([2H])c([2H])c([2H])c3[2H])c(-c3c([2H])c([2H])c([2H])c([2H])c3[2H])c2)c([2H])c1[2H]. The topological polar surface area (TPSA) is 16.1 Å². The lowest BCUT2D eigenvalue weighted by Gasteiger charge is -2.31. The second-order valence-electron chi connectivity index (χ2n) is 16.2. The van der Waals surface area contributed by atoms with Gasteiger partial charge in [-0.25, -0.2) is 0 Å². The van der Waals surface area contributed by atoms with Crippen LogP contribution in [0.15, 0.2) is 182 Å². The molecule has 278 valence electrons. The van der Waals surface area contributed by atoms with E-state index in [1.807, 2.05) is 24.4 Å². The zero-order chi connectivity index (χ0) is 52.4. The molecule has 0 bridgehead atoms. The van der Waals surface area contributed by atoms with E-state index in [2.05, 4.69) is 77.9 Å².